The summed E-state index contributed by atoms with van der Waals surface area (Å²) in [7, 11) is -3.70. The number of sulfonamides is 1. The van der Waals surface area contributed by atoms with E-state index in [1.165, 1.54) is 15.3 Å². The van der Waals surface area contributed by atoms with Gasteiger partial charge in [-0.3, -0.25) is 4.79 Å². The van der Waals surface area contributed by atoms with E-state index in [1.54, 1.807) is 17.5 Å². The van der Waals surface area contributed by atoms with E-state index in [0.29, 0.717) is 0 Å². The molecule has 2 aliphatic heterocycles. The summed E-state index contributed by atoms with van der Waals surface area (Å²) in [5, 5.41) is 1.70. The molecule has 0 aliphatic carbocycles. The normalized spacial score (nSPS) is 20.0. The van der Waals surface area contributed by atoms with E-state index in [1.807, 2.05) is 0 Å². The number of nitrogens with zero attached hydrogens (tertiary/aromatic N) is 2. The smallest absolute Gasteiger partial charge is 0.259 e. The molecule has 3 heterocycles. The zero-order valence-electron chi connectivity index (χ0n) is 14.8. The van der Waals surface area contributed by atoms with Gasteiger partial charge in [0.15, 0.2) is 0 Å². The Balaban J connectivity index is 1.54. The fourth-order valence-corrected chi connectivity index (χ4v) is 6.59. The van der Waals surface area contributed by atoms with Crippen LogP contribution in [-0.4, -0.2) is 55.5 Å². The lowest BCUT2D eigenvalue weighted by molar-refractivity contribution is -0.0857. The Kier molecular flexibility index (Phi) is 4.98. The van der Waals surface area contributed by atoms with Crippen molar-refractivity contribution >= 4 is 27.3 Å². The standard InChI is InChI=1S/C18H18F2N2O4S2/c19-13-3-1-4-14(20)16(13)17(23)21-8-6-18(7-9-21)22(10-11-26-18)28(24,25)15-5-2-12-27-15/h1-5,12H,6-11H2. The lowest BCUT2D eigenvalue weighted by Gasteiger charge is -2.42. The van der Waals surface area contributed by atoms with Gasteiger partial charge in [-0.2, -0.15) is 4.31 Å². The predicted molar refractivity (Wildman–Crippen MR) is 98.4 cm³/mol. The minimum absolute atomic E-state index is 0.142. The molecule has 0 radical (unpaired) electrons. The largest absolute Gasteiger partial charge is 0.358 e. The molecule has 10 heteroatoms. The molecule has 0 unspecified atom stereocenters. The highest BCUT2D eigenvalue weighted by Crippen LogP contribution is 2.39. The first-order valence-corrected chi connectivity index (χ1v) is 11.1. The summed E-state index contributed by atoms with van der Waals surface area (Å²) in [4.78, 5) is 13.9. The molecule has 4 rings (SSSR count). The highest BCUT2D eigenvalue weighted by Gasteiger charge is 2.51. The van der Waals surface area contributed by atoms with Crippen LogP contribution in [0.4, 0.5) is 8.78 Å². The Morgan fingerprint density at radius 3 is 2.36 bits per heavy atom. The number of likely N-dealkylation sites (tertiary alicyclic amines) is 1. The third kappa shape index (κ3) is 3.14. The number of carbonyl (C=O) groups is 1. The number of amides is 1. The van der Waals surface area contributed by atoms with E-state index in [4.69, 9.17) is 4.74 Å². The van der Waals surface area contributed by atoms with Crippen molar-refractivity contribution in [1.82, 2.24) is 9.21 Å². The van der Waals surface area contributed by atoms with Crippen LogP contribution in [0.3, 0.4) is 0 Å². The van der Waals surface area contributed by atoms with Gasteiger partial charge in [0, 0.05) is 32.5 Å². The first-order chi connectivity index (χ1) is 13.3. The molecule has 150 valence electrons. The Hall–Kier alpha value is -1.88. The van der Waals surface area contributed by atoms with E-state index in [9.17, 15) is 22.0 Å². The van der Waals surface area contributed by atoms with Crippen molar-refractivity contribution in [3.05, 3.63) is 52.9 Å². The number of ether oxygens (including phenoxy) is 1. The molecule has 0 N–H and O–H groups in total. The van der Waals surface area contributed by atoms with Crippen LogP contribution in [0.1, 0.15) is 23.2 Å². The van der Waals surface area contributed by atoms with Crippen molar-refractivity contribution in [3.8, 4) is 0 Å². The van der Waals surface area contributed by atoms with Crippen molar-refractivity contribution in [2.75, 3.05) is 26.2 Å². The van der Waals surface area contributed by atoms with Crippen LogP contribution in [0.2, 0.25) is 0 Å². The van der Waals surface area contributed by atoms with Gasteiger partial charge in [-0.05, 0) is 23.6 Å². The maximum atomic E-state index is 13.9. The van der Waals surface area contributed by atoms with Crippen molar-refractivity contribution in [2.24, 2.45) is 0 Å². The number of hydrogen-bond donors (Lipinski definition) is 0. The minimum atomic E-state index is -3.70. The molecule has 6 nitrogen and oxygen atoms in total. The minimum Gasteiger partial charge on any atom is -0.358 e. The maximum Gasteiger partial charge on any atom is 0.259 e. The summed E-state index contributed by atoms with van der Waals surface area (Å²) in [5.41, 5.74) is -1.62. The van der Waals surface area contributed by atoms with Gasteiger partial charge < -0.3 is 9.64 Å². The molecule has 1 amide bonds. The van der Waals surface area contributed by atoms with Crippen LogP contribution in [-0.2, 0) is 14.8 Å². The quantitative estimate of drug-likeness (QED) is 0.754. The topological polar surface area (TPSA) is 66.9 Å². The van der Waals surface area contributed by atoms with Crippen molar-refractivity contribution in [1.29, 1.82) is 0 Å². The number of piperidine rings is 1. The zero-order chi connectivity index (χ0) is 19.9. The van der Waals surface area contributed by atoms with Gasteiger partial charge >= 0.3 is 0 Å². The van der Waals surface area contributed by atoms with E-state index in [0.717, 1.165) is 23.5 Å². The molecule has 1 aromatic carbocycles. The molecule has 0 saturated carbocycles. The summed E-state index contributed by atoms with van der Waals surface area (Å²) in [5.74, 6) is -2.57. The second-order valence-electron chi connectivity index (χ2n) is 6.69. The molecule has 0 atom stereocenters. The number of thiophene rings is 1. The van der Waals surface area contributed by atoms with Crippen LogP contribution in [0.5, 0.6) is 0 Å². The van der Waals surface area contributed by atoms with Gasteiger partial charge in [-0.15, -0.1) is 11.3 Å². The Morgan fingerprint density at radius 1 is 1.07 bits per heavy atom. The average molecular weight is 428 g/mol. The summed E-state index contributed by atoms with van der Waals surface area (Å²) in [6.07, 6.45) is 0.471. The van der Waals surface area contributed by atoms with Gasteiger partial charge in [-0.1, -0.05) is 12.1 Å². The molecular weight excluding hydrogens is 410 g/mol. The van der Waals surface area contributed by atoms with Crippen LogP contribution in [0.25, 0.3) is 0 Å². The SMILES string of the molecule is O=C(c1c(F)cccc1F)N1CCC2(CC1)OCCN2S(=O)(=O)c1cccs1. The van der Waals surface area contributed by atoms with Crippen molar-refractivity contribution < 1.29 is 26.7 Å². The average Bonchev–Trinajstić information content (AvgIpc) is 3.33. The number of rotatable bonds is 3. The van der Waals surface area contributed by atoms with Gasteiger partial charge in [0.2, 0.25) is 0 Å². The van der Waals surface area contributed by atoms with E-state index in [-0.39, 0.29) is 43.3 Å². The highest BCUT2D eigenvalue weighted by molar-refractivity contribution is 7.91. The van der Waals surface area contributed by atoms with Crippen molar-refractivity contribution in [3.63, 3.8) is 0 Å². The highest BCUT2D eigenvalue weighted by atomic mass is 32.2. The number of benzene rings is 1. The van der Waals surface area contributed by atoms with Gasteiger partial charge in [0.25, 0.3) is 15.9 Å². The second-order valence-corrected chi connectivity index (χ2v) is 9.73. The molecule has 2 fully saturated rings. The third-order valence-corrected chi connectivity index (χ3v) is 8.49. The lowest BCUT2D eigenvalue weighted by atomic mass is 9.99. The monoisotopic (exact) mass is 428 g/mol. The first kappa shape index (κ1) is 19.4. The number of carbonyl (C=O) groups excluding carboxylic acids is 1. The third-order valence-electron chi connectivity index (χ3n) is 5.17. The molecule has 0 bridgehead atoms. The predicted octanol–water partition coefficient (Wildman–Crippen LogP) is 2.68. The first-order valence-electron chi connectivity index (χ1n) is 8.79. The van der Waals surface area contributed by atoms with E-state index in [2.05, 4.69) is 0 Å². The molecular formula is C18H18F2N2O4S2. The number of halogens is 2. The Morgan fingerprint density at radius 2 is 1.75 bits per heavy atom. The van der Waals surface area contributed by atoms with Gasteiger partial charge in [0.05, 0.1) is 6.61 Å². The van der Waals surface area contributed by atoms with E-state index < -0.39 is 38.9 Å². The fraction of sp³-hybridized carbons (Fsp3) is 0.389. The summed E-state index contributed by atoms with van der Waals surface area (Å²) < 4.78 is 61.2. The Bertz CT molecular complexity index is 967. The molecule has 2 aromatic rings. The fourth-order valence-electron chi connectivity index (χ4n) is 3.77. The van der Waals surface area contributed by atoms with Crippen LogP contribution in [0, 0.1) is 11.6 Å². The Labute approximate surface area is 165 Å². The van der Waals surface area contributed by atoms with Crippen molar-refractivity contribution in [2.45, 2.75) is 22.8 Å². The molecule has 1 spiro atoms. The maximum absolute atomic E-state index is 13.9. The van der Waals surface area contributed by atoms with Gasteiger partial charge in [0.1, 0.15) is 27.1 Å². The van der Waals surface area contributed by atoms with Crippen LogP contribution >= 0.6 is 11.3 Å². The lowest BCUT2D eigenvalue weighted by Crippen LogP contribution is -2.55. The molecule has 2 aliphatic rings. The zero-order valence-corrected chi connectivity index (χ0v) is 16.4. The summed E-state index contributed by atoms with van der Waals surface area (Å²) in [6.45, 7) is 0.781. The summed E-state index contributed by atoms with van der Waals surface area (Å²) >= 11 is 1.14. The number of hydrogen-bond acceptors (Lipinski definition) is 5. The van der Waals surface area contributed by atoms with Crippen LogP contribution < -0.4 is 0 Å². The molecule has 2 saturated heterocycles. The van der Waals surface area contributed by atoms with E-state index >= 15 is 0 Å². The van der Waals surface area contributed by atoms with Crippen LogP contribution in [0.15, 0.2) is 39.9 Å². The molecule has 1 aromatic heterocycles. The molecule has 28 heavy (non-hydrogen) atoms. The van der Waals surface area contributed by atoms with Gasteiger partial charge in [-0.25, -0.2) is 17.2 Å². The summed E-state index contributed by atoms with van der Waals surface area (Å²) in [6, 6.07) is 6.50. The second kappa shape index (κ2) is 7.18.